The van der Waals surface area contributed by atoms with Gasteiger partial charge in [-0.1, -0.05) is 62.9 Å². The second-order valence-corrected chi connectivity index (χ2v) is 7.93. The smallest absolute Gasteiger partial charge is 0.198 e. The maximum atomic E-state index is 11.3. The Morgan fingerprint density at radius 3 is 2.61 bits per heavy atom. The summed E-state index contributed by atoms with van der Waals surface area (Å²) in [7, 11) is 0. The van der Waals surface area contributed by atoms with Crippen LogP contribution in [0.15, 0.2) is 30.3 Å². The lowest BCUT2D eigenvalue weighted by Crippen LogP contribution is -2.46. The standard InChI is InChI=1S/C23H34O5/c1-3-4-5-6-10-15-25-22-20(26-17-19-11-8-7-9-12-19)13-14-23(22)27-18(2)21(16-24)28-23/h7-9,11-12,16,18,20-22H,3-6,10,13-15,17H2,1-2H3/t18?,20-,21?,22-,23+/m1/s1. The lowest BCUT2D eigenvalue weighted by Gasteiger charge is -2.32. The maximum absolute atomic E-state index is 11.3. The lowest BCUT2D eigenvalue weighted by molar-refractivity contribution is -0.245. The second-order valence-electron chi connectivity index (χ2n) is 7.93. The predicted molar refractivity (Wildman–Crippen MR) is 107 cm³/mol. The van der Waals surface area contributed by atoms with Crippen LogP contribution < -0.4 is 0 Å². The van der Waals surface area contributed by atoms with Gasteiger partial charge in [-0.3, -0.25) is 0 Å². The number of ether oxygens (including phenoxy) is 4. The molecule has 0 bridgehead atoms. The zero-order valence-corrected chi connectivity index (χ0v) is 17.2. The first-order valence-corrected chi connectivity index (χ1v) is 10.8. The summed E-state index contributed by atoms with van der Waals surface area (Å²) in [5, 5.41) is 0. The first kappa shape index (κ1) is 21.4. The molecule has 3 rings (SSSR count). The summed E-state index contributed by atoms with van der Waals surface area (Å²) in [5.41, 5.74) is 1.13. The van der Waals surface area contributed by atoms with Crippen LogP contribution in [-0.4, -0.2) is 43.1 Å². The third kappa shape index (κ3) is 5.20. The van der Waals surface area contributed by atoms with E-state index < -0.39 is 11.9 Å². The number of carbonyl (C=O) groups is 1. The largest absolute Gasteiger partial charge is 0.371 e. The molecule has 1 aromatic rings. The zero-order chi connectivity index (χ0) is 19.8. The maximum Gasteiger partial charge on any atom is 0.198 e. The lowest BCUT2D eigenvalue weighted by atomic mass is 10.1. The molecule has 5 atom stereocenters. The van der Waals surface area contributed by atoms with Gasteiger partial charge in [-0.25, -0.2) is 0 Å². The Balaban J connectivity index is 1.60. The highest BCUT2D eigenvalue weighted by molar-refractivity contribution is 5.57. The van der Waals surface area contributed by atoms with Gasteiger partial charge in [-0.15, -0.1) is 0 Å². The van der Waals surface area contributed by atoms with Crippen molar-refractivity contribution in [2.75, 3.05) is 6.61 Å². The average molecular weight is 391 g/mol. The van der Waals surface area contributed by atoms with E-state index in [9.17, 15) is 4.79 Å². The Morgan fingerprint density at radius 1 is 1.11 bits per heavy atom. The van der Waals surface area contributed by atoms with Gasteiger partial charge < -0.3 is 23.7 Å². The van der Waals surface area contributed by atoms with Crippen molar-refractivity contribution in [3.63, 3.8) is 0 Å². The molecule has 1 aromatic carbocycles. The molecule has 1 aliphatic heterocycles. The van der Waals surface area contributed by atoms with Gasteiger partial charge in [0.1, 0.15) is 12.2 Å². The molecule has 5 nitrogen and oxygen atoms in total. The van der Waals surface area contributed by atoms with Crippen molar-refractivity contribution < 1.29 is 23.7 Å². The molecule has 0 N–H and O–H groups in total. The van der Waals surface area contributed by atoms with Crippen LogP contribution in [0.25, 0.3) is 0 Å². The van der Waals surface area contributed by atoms with Crippen LogP contribution in [-0.2, 0) is 30.3 Å². The summed E-state index contributed by atoms with van der Waals surface area (Å²) >= 11 is 0. The molecule has 2 aliphatic rings. The molecule has 28 heavy (non-hydrogen) atoms. The van der Waals surface area contributed by atoms with Crippen molar-refractivity contribution in [2.24, 2.45) is 0 Å². The molecule has 1 spiro atoms. The highest BCUT2D eigenvalue weighted by Crippen LogP contribution is 2.44. The summed E-state index contributed by atoms with van der Waals surface area (Å²) in [4.78, 5) is 11.3. The number of rotatable bonds is 11. The first-order valence-electron chi connectivity index (χ1n) is 10.8. The van der Waals surface area contributed by atoms with E-state index in [1.807, 2.05) is 25.1 Å². The molecule has 1 saturated heterocycles. The van der Waals surface area contributed by atoms with Crippen molar-refractivity contribution in [3.8, 4) is 0 Å². The van der Waals surface area contributed by atoms with Crippen molar-refractivity contribution >= 4 is 6.29 Å². The number of aldehydes is 1. The van der Waals surface area contributed by atoms with Crippen molar-refractivity contribution in [1.82, 2.24) is 0 Å². The first-order chi connectivity index (χ1) is 13.7. The third-order valence-corrected chi connectivity index (χ3v) is 5.72. The quantitative estimate of drug-likeness (QED) is 0.413. The van der Waals surface area contributed by atoms with Crippen LogP contribution in [0.1, 0.15) is 64.4 Å². The Kier molecular flexibility index (Phi) is 8.03. The zero-order valence-electron chi connectivity index (χ0n) is 17.2. The second kappa shape index (κ2) is 10.5. The van der Waals surface area contributed by atoms with E-state index in [-0.39, 0.29) is 18.3 Å². The number of hydrogen-bond acceptors (Lipinski definition) is 5. The molecule has 156 valence electrons. The number of benzene rings is 1. The fourth-order valence-electron chi connectivity index (χ4n) is 4.14. The molecule has 1 saturated carbocycles. The van der Waals surface area contributed by atoms with Gasteiger partial charge in [-0.05, 0) is 25.3 Å². The summed E-state index contributed by atoms with van der Waals surface area (Å²) in [6, 6.07) is 10.1. The normalized spacial score (nSPS) is 32.2. The molecule has 0 amide bonds. The molecule has 2 fully saturated rings. The van der Waals surface area contributed by atoms with E-state index in [1.165, 1.54) is 19.3 Å². The molecular weight excluding hydrogens is 356 g/mol. The molecule has 0 aromatic heterocycles. The topological polar surface area (TPSA) is 54.0 Å². The summed E-state index contributed by atoms with van der Waals surface area (Å²) in [6.45, 7) is 5.29. The minimum atomic E-state index is -0.865. The fourth-order valence-corrected chi connectivity index (χ4v) is 4.14. The van der Waals surface area contributed by atoms with E-state index in [1.54, 1.807) is 0 Å². The van der Waals surface area contributed by atoms with Gasteiger partial charge in [0.05, 0.1) is 18.8 Å². The Morgan fingerprint density at radius 2 is 1.89 bits per heavy atom. The van der Waals surface area contributed by atoms with Gasteiger partial charge in [-0.2, -0.15) is 0 Å². The van der Waals surface area contributed by atoms with Gasteiger partial charge in [0.15, 0.2) is 12.1 Å². The number of carbonyl (C=O) groups excluding carboxylic acids is 1. The molecule has 1 aliphatic carbocycles. The average Bonchev–Trinajstić information content (AvgIpc) is 3.22. The van der Waals surface area contributed by atoms with Gasteiger partial charge in [0.2, 0.25) is 0 Å². The van der Waals surface area contributed by atoms with Crippen molar-refractivity contribution in [1.29, 1.82) is 0 Å². The van der Waals surface area contributed by atoms with Crippen LogP contribution in [0.5, 0.6) is 0 Å². The number of hydrogen-bond donors (Lipinski definition) is 0. The molecule has 5 heteroatoms. The summed E-state index contributed by atoms with van der Waals surface area (Å²) in [6.07, 6.45) is 7.01. The van der Waals surface area contributed by atoms with Gasteiger partial charge in [0.25, 0.3) is 0 Å². The van der Waals surface area contributed by atoms with E-state index in [4.69, 9.17) is 18.9 Å². The minimum Gasteiger partial charge on any atom is -0.371 e. The molecule has 0 radical (unpaired) electrons. The Labute approximate surface area is 168 Å². The monoisotopic (exact) mass is 390 g/mol. The van der Waals surface area contributed by atoms with E-state index >= 15 is 0 Å². The van der Waals surface area contributed by atoms with Gasteiger partial charge in [0, 0.05) is 13.0 Å². The van der Waals surface area contributed by atoms with E-state index in [0.717, 1.165) is 31.1 Å². The van der Waals surface area contributed by atoms with Crippen LogP contribution in [0.2, 0.25) is 0 Å². The summed E-state index contributed by atoms with van der Waals surface area (Å²) < 4.78 is 24.7. The van der Waals surface area contributed by atoms with Crippen LogP contribution in [0.4, 0.5) is 0 Å². The summed E-state index contributed by atoms with van der Waals surface area (Å²) in [5.74, 6) is -0.865. The van der Waals surface area contributed by atoms with Crippen molar-refractivity contribution in [2.45, 2.75) is 95.6 Å². The highest BCUT2D eigenvalue weighted by Gasteiger charge is 2.58. The molecule has 1 heterocycles. The van der Waals surface area contributed by atoms with Crippen LogP contribution in [0, 0.1) is 0 Å². The SMILES string of the molecule is CCCCCCCO[C@@H]1[C@H](OCc2ccccc2)CC[C@@]12OC(C)C(C=O)O2. The number of unbranched alkanes of at least 4 members (excludes halogenated alkanes) is 4. The van der Waals surface area contributed by atoms with Crippen LogP contribution in [0.3, 0.4) is 0 Å². The highest BCUT2D eigenvalue weighted by atomic mass is 16.8. The van der Waals surface area contributed by atoms with Gasteiger partial charge >= 0.3 is 0 Å². The van der Waals surface area contributed by atoms with Crippen LogP contribution >= 0.6 is 0 Å². The van der Waals surface area contributed by atoms with E-state index in [0.29, 0.717) is 19.6 Å². The fraction of sp³-hybridized carbons (Fsp3) is 0.696. The van der Waals surface area contributed by atoms with E-state index in [2.05, 4.69) is 19.1 Å². The molecular formula is C23H34O5. The minimum absolute atomic E-state index is 0.103. The molecule has 2 unspecified atom stereocenters. The van der Waals surface area contributed by atoms with Crippen molar-refractivity contribution in [3.05, 3.63) is 35.9 Å². The Hall–Kier alpha value is -1.27. The Bertz CT molecular complexity index is 592. The predicted octanol–water partition coefficient (Wildman–Crippen LogP) is 4.42. The third-order valence-electron chi connectivity index (χ3n) is 5.72.